The van der Waals surface area contributed by atoms with Crippen LogP contribution in [0.15, 0.2) is 46.6 Å². The Morgan fingerprint density at radius 3 is 2.55 bits per heavy atom. The summed E-state index contributed by atoms with van der Waals surface area (Å²) in [5.41, 5.74) is 0.660. The quantitative estimate of drug-likeness (QED) is 0.430. The van der Waals surface area contributed by atoms with Crippen molar-refractivity contribution in [3.63, 3.8) is 0 Å². The molecule has 3 heterocycles. The number of hydrogen-bond donors (Lipinski definition) is 0. The number of aromatic nitrogens is 2. The van der Waals surface area contributed by atoms with E-state index in [1.165, 1.54) is 30.0 Å². The van der Waals surface area contributed by atoms with Gasteiger partial charge >= 0.3 is 5.69 Å². The minimum absolute atomic E-state index is 0.146. The van der Waals surface area contributed by atoms with E-state index < -0.39 is 17.3 Å². The topological polar surface area (TPSA) is 67.7 Å². The van der Waals surface area contributed by atoms with Crippen LogP contribution in [-0.4, -0.2) is 64.5 Å². The van der Waals surface area contributed by atoms with E-state index >= 15 is 4.39 Å². The molecule has 0 bridgehead atoms. The summed E-state index contributed by atoms with van der Waals surface area (Å²) in [6.07, 6.45) is 1.01. The van der Waals surface area contributed by atoms with Crippen LogP contribution in [0.5, 0.6) is 0 Å². The van der Waals surface area contributed by atoms with Crippen molar-refractivity contribution in [3.8, 4) is 11.1 Å². The normalized spacial score (nSPS) is 21.5. The third-order valence-corrected chi connectivity index (χ3v) is 8.65. The van der Waals surface area contributed by atoms with E-state index in [1.54, 1.807) is 22.6 Å². The van der Waals surface area contributed by atoms with Gasteiger partial charge in [-0.1, -0.05) is 18.2 Å². The van der Waals surface area contributed by atoms with Gasteiger partial charge in [-0.25, -0.2) is 13.6 Å². The predicted octanol–water partition coefficient (Wildman–Crippen LogP) is 4.73. The van der Waals surface area contributed by atoms with E-state index in [9.17, 15) is 14.0 Å². The van der Waals surface area contributed by atoms with Gasteiger partial charge in [0.15, 0.2) is 0 Å². The summed E-state index contributed by atoms with van der Waals surface area (Å²) < 4.78 is 35.9. The number of carbonyl (C=O) groups is 1. The second-order valence-electron chi connectivity index (χ2n) is 9.63. The zero-order chi connectivity index (χ0) is 27.3. The number of nitrogens with zero attached hydrogens (tertiary/aromatic N) is 4. The third-order valence-electron chi connectivity index (χ3n) is 7.13. The fourth-order valence-electron chi connectivity index (χ4n) is 5.47. The molecule has 0 spiro atoms. The van der Waals surface area contributed by atoms with Crippen molar-refractivity contribution in [1.82, 2.24) is 14.5 Å². The minimum atomic E-state index is -0.746. The summed E-state index contributed by atoms with van der Waals surface area (Å²) in [6, 6.07) is 4.74. The number of carbonyl (C=O) groups excluding carboxylic acids is 1. The van der Waals surface area contributed by atoms with E-state index in [0.717, 1.165) is 6.07 Å². The molecule has 1 aromatic heterocycles. The Morgan fingerprint density at radius 2 is 1.92 bits per heavy atom. The van der Waals surface area contributed by atoms with E-state index in [4.69, 9.17) is 16.3 Å². The Hall–Kier alpha value is -2.95. The molecule has 1 saturated heterocycles. The number of piperazine rings is 1. The summed E-state index contributed by atoms with van der Waals surface area (Å²) in [5.74, 6) is -0.640. The number of anilines is 1. The molecule has 2 aliphatic rings. The number of ether oxygens (including phenoxy) is 1. The maximum Gasteiger partial charge on any atom is 0.350 e. The largest absolute Gasteiger partial charge is 0.379 e. The van der Waals surface area contributed by atoms with Crippen LogP contribution in [0.3, 0.4) is 0 Å². The smallest absolute Gasteiger partial charge is 0.350 e. The fraction of sp³-hybridized carbons (Fsp3) is 0.370. The van der Waals surface area contributed by atoms with Gasteiger partial charge in [0.25, 0.3) is 0 Å². The highest BCUT2D eigenvalue weighted by atomic mass is 35.5. The van der Waals surface area contributed by atoms with Gasteiger partial charge in [0, 0.05) is 65.5 Å². The SMILES string of the molecule is C=CC(=O)N1[C@H](C)CN(c2nc(=O)n3c4c(c(-c5ccc(F)cc5F)c(Cl)cc24)SC[C@@H](OC)C3)C[C@@H]1C. The van der Waals surface area contributed by atoms with Crippen LogP contribution < -0.4 is 10.6 Å². The highest BCUT2D eigenvalue weighted by molar-refractivity contribution is 7.99. The van der Waals surface area contributed by atoms with Crippen molar-refractivity contribution in [1.29, 1.82) is 0 Å². The van der Waals surface area contributed by atoms with Gasteiger partial charge in [-0.3, -0.25) is 9.36 Å². The number of hydrogen-bond acceptors (Lipinski definition) is 6. The molecule has 0 saturated carbocycles. The number of methoxy groups -OCH3 is 1. The molecule has 0 N–H and O–H groups in total. The molecule has 38 heavy (non-hydrogen) atoms. The molecule has 0 aliphatic carbocycles. The summed E-state index contributed by atoms with van der Waals surface area (Å²) in [5, 5.41) is 0.902. The third kappa shape index (κ3) is 4.48. The molecule has 3 atom stereocenters. The molecule has 2 aromatic carbocycles. The Labute approximate surface area is 228 Å². The first-order valence-electron chi connectivity index (χ1n) is 12.2. The van der Waals surface area contributed by atoms with Crippen LogP contribution in [0.25, 0.3) is 22.0 Å². The first-order chi connectivity index (χ1) is 18.1. The molecule has 1 amide bonds. The van der Waals surface area contributed by atoms with Gasteiger partial charge in [0.2, 0.25) is 5.91 Å². The molecular formula is C27H27ClF2N4O3S. The monoisotopic (exact) mass is 560 g/mol. The first kappa shape index (κ1) is 26.6. The second kappa shape index (κ2) is 10.3. The molecule has 1 fully saturated rings. The summed E-state index contributed by atoms with van der Waals surface area (Å²) in [7, 11) is 1.57. The van der Waals surface area contributed by atoms with Gasteiger partial charge in [-0.15, -0.1) is 11.8 Å². The van der Waals surface area contributed by atoms with Crippen molar-refractivity contribution >= 4 is 46.0 Å². The lowest BCUT2D eigenvalue weighted by Crippen LogP contribution is -2.58. The standard InChI is InChI=1S/C27H27ClF2N4O3S/c1-5-22(35)34-14(2)10-32(11-15(34)3)26-19-9-20(28)23(18-7-6-16(29)8-21(18)30)25-24(19)33(27(36)31-26)12-17(37-4)13-38-25/h5-9,14-15,17H,1,10-13H2,2-4H3/t14-,15+,17-/m0/s1. The average Bonchev–Trinajstić information content (AvgIpc) is 3.07. The van der Waals surface area contributed by atoms with Crippen LogP contribution in [0.2, 0.25) is 5.02 Å². The zero-order valence-corrected chi connectivity index (χ0v) is 22.8. The van der Waals surface area contributed by atoms with Crippen LogP contribution >= 0.6 is 23.4 Å². The number of amides is 1. The van der Waals surface area contributed by atoms with Crippen molar-refractivity contribution in [2.24, 2.45) is 0 Å². The second-order valence-corrected chi connectivity index (χ2v) is 11.1. The summed E-state index contributed by atoms with van der Waals surface area (Å²) in [4.78, 5) is 34.8. The van der Waals surface area contributed by atoms with E-state index in [1.807, 2.05) is 18.7 Å². The molecule has 0 unspecified atom stereocenters. The van der Waals surface area contributed by atoms with Crippen molar-refractivity contribution in [2.75, 3.05) is 30.9 Å². The van der Waals surface area contributed by atoms with Gasteiger partial charge in [-0.2, -0.15) is 4.98 Å². The Morgan fingerprint density at radius 1 is 1.21 bits per heavy atom. The Balaban J connectivity index is 1.75. The minimum Gasteiger partial charge on any atom is -0.379 e. The Bertz CT molecular complexity index is 1500. The van der Waals surface area contributed by atoms with E-state index in [-0.39, 0.29) is 41.2 Å². The molecule has 5 rings (SSSR count). The average molecular weight is 561 g/mol. The van der Waals surface area contributed by atoms with Crippen molar-refractivity contribution < 1.29 is 18.3 Å². The highest BCUT2D eigenvalue weighted by Gasteiger charge is 2.35. The molecule has 3 aromatic rings. The molecular weight excluding hydrogens is 534 g/mol. The molecule has 2 aliphatic heterocycles. The first-order valence-corrected chi connectivity index (χ1v) is 13.6. The van der Waals surface area contributed by atoms with Gasteiger partial charge in [0.05, 0.1) is 23.2 Å². The fourth-order valence-corrected chi connectivity index (χ4v) is 7.14. The summed E-state index contributed by atoms with van der Waals surface area (Å²) >= 11 is 8.24. The van der Waals surface area contributed by atoms with Crippen LogP contribution in [0, 0.1) is 11.6 Å². The van der Waals surface area contributed by atoms with Crippen LogP contribution in [0.1, 0.15) is 13.8 Å². The number of halogens is 3. The van der Waals surface area contributed by atoms with Gasteiger partial charge in [-0.05, 0) is 38.1 Å². The number of thioether (sulfide) groups is 1. The van der Waals surface area contributed by atoms with Crippen molar-refractivity contribution in [2.45, 2.75) is 43.5 Å². The lowest BCUT2D eigenvalue weighted by molar-refractivity contribution is -0.130. The van der Waals surface area contributed by atoms with Crippen LogP contribution in [-0.2, 0) is 16.1 Å². The summed E-state index contributed by atoms with van der Waals surface area (Å²) in [6.45, 7) is 8.65. The maximum atomic E-state index is 15.0. The van der Waals surface area contributed by atoms with Gasteiger partial charge < -0.3 is 14.5 Å². The zero-order valence-electron chi connectivity index (χ0n) is 21.2. The number of rotatable bonds is 4. The van der Waals surface area contributed by atoms with E-state index in [2.05, 4.69) is 11.6 Å². The Kier molecular flexibility index (Phi) is 7.23. The molecule has 7 nitrogen and oxygen atoms in total. The number of benzene rings is 2. The highest BCUT2D eigenvalue weighted by Crippen LogP contribution is 2.46. The van der Waals surface area contributed by atoms with Crippen LogP contribution in [0.4, 0.5) is 14.6 Å². The maximum absolute atomic E-state index is 15.0. The molecule has 11 heteroatoms. The van der Waals surface area contributed by atoms with Crippen molar-refractivity contribution in [3.05, 3.63) is 64.1 Å². The molecule has 200 valence electrons. The lowest BCUT2D eigenvalue weighted by Gasteiger charge is -2.44. The molecule has 0 radical (unpaired) electrons. The predicted molar refractivity (Wildman–Crippen MR) is 146 cm³/mol. The lowest BCUT2D eigenvalue weighted by atomic mass is 10.0. The van der Waals surface area contributed by atoms with E-state index in [0.29, 0.717) is 46.0 Å². The van der Waals surface area contributed by atoms with Gasteiger partial charge in [0.1, 0.15) is 17.5 Å².